The molecule has 5 nitrogen and oxygen atoms in total. The van der Waals surface area contributed by atoms with E-state index >= 15 is 0 Å². The first kappa shape index (κ1) is 31.9. The normalized spacial score (nSPS) is 11.9. The lowest BCUT2D eigenvalue weighted by Crippen LogP contribution is -2.02. The lowest BCUT2D eigenvalue weighted by atomic mass is 10.1. The van der Waals surface area contributed by atoms with E-state index in [4.69, 9.17) is 15.0 Å². The van der Waals surface area contributed by atoms with Gasteiger partial charge in [0, 0.05) is 69.8 Å². The third-order valence-electron chi connectivity index (χ3n) is 11.2. The fourth-order valence-corrected chi connectivity index (χ4v) is 9.72. The van der Waals surface area contributed by atoms with Crippen LogP contribution in [0.15, 0.2) is 188 Å². The van der Waals surface area contributed by atoms with Gasteiger partial charge in [-0.15, -0.1) is 11.3 Å². The lowest BCUT2D eigenvalue weighted by Gasteiger charge is -2.12. The van der Waals surface area contributed by atoms with Gasteiger partial charge < -0.3 is 9.13 Å². The summed E-state index contributed by atoms with van der Waals surface area (Å²) in [6, 6.07) is 66.7. The molecular weight excluding hydrogens is 715 g/mol. The molecule has 0 N–H and O–H groups in total. The van der Waals surface area contributed by atoms with E-state index in [-0.39, 0.29) is 0 Å². The number of hydrogen-bond acceptors (Lipinski definition) is 4. The van der Waals surface area contributed by atoms with Gasteiger partial charge in [0.2, 0.25) is 0 Å². The first-order valence-electron chi connectivity index (χ1n) is 19.1. The summed E-state index contributed by atoms with van der Waals surface area (Å²) < 4.78 is 7.33. The molecule has 12 aromatic rings. The molecule has 12 rings (SSSR count). The Labute approximate surface area is 331 Å². The Kier molecular flexibility index (Phi) is 7.03. The van der Waals surface area contributed by atoms with Crippen molar-refractivity contribution in [2.24, 2.45) is 0 Å². The zero-order valence-corrected chi connectivity index (χ0v) is 31.4. The number of rotatable bonds is 5. The molecule has 0 aliphatic carbocycles. The van der Waals surface area contributed by atoms with E-state index in [1.807, 2.05) is 47.7 Å². The monoisotopic (exact) mass is 745 g/mol. The Morgan fingerprint density at radius 3 is 1.56 bits per heavy atom. The van der Waals surface area contributed by atoms with Gasteiger partial charge in [-0.2, -0.15) is 0 Å². The average Bonchev–Trinajstić information content (AvgIpc) is 3.93. The zero-order valence-electron chi connectivity index (χ0n) is 30.5. The predicted molar refractivity (Wildman–Crippen MR) is 238 cm³/mol. The quantitative estimate of drug-likeness (QED) is 0.176. The number of para-hydroxylation sites is 4. The van der Waals surface area contributed by atoms with E-state index in [0.29, 0.717) is 17.5 Å². The van der Waals surface area contributed by atoms with Crippen LogP contribution in [0.5, 0.6) is 0 Å². The van der Waals surface area contributed by atoms with Crippen molar-refractivity contribution in [2.75, 3.05) is 0 Å². The molecule has 4 heterocycles. The Morgan fingerprint density at radius 2 is 0.895 bits per heavy atom. The van der Waals surface area contributed by atoms with Gasteiger partial charge >= 0.3 is 0 Å². The molecule has 0 atom stereocenters. The third kappa shape index (κ3) is 4.98. The first-order valence-corrected chi connectivity index (χ1v) is 19.9. The number of aromatic nitrogens is 5. The van der Waals surface area contributed by atoms with Crippen LogP contribution in [0.4, 0.5) is 0 Å². The average molecular weight is 746 g/mol. The van der Waals surface area contributed by atoms with Crippen LogP contribution in [0.3, 0.4) is 0 Å². The van der Waals surface area contributed by atoms with Gasteiger partial charge in [-0.1, -0.05) is 127 Å². The summed E-state index contributed by atoms with van der Waals surface area (Å²) >= 11 is 1.85. The minimum atomic E-state index is 0.636. The van der Waals surface area contributed by atoms with Gasteiger partial charge in [0.1, 0.15) is 0 Å². The minimum Gasteiger partial charge on any atom is -0.309 e. The maximum absolute atomic E-state index is 5.18. The summed E-state index contributed by atoms with van der Waals surface area (Å²) in [4.78, 5) is 15.4. The fraction of sp³-hybridized carbons (Fsp3) is 0. The minimum absolute atomic E-state index is 0.636. The number of benzene rings is 8. The van der Waals surface area contributed by atoms with E-state index in [1.54, 1.807) is 0 Å². The van der Waals surface area contributed by atoms with Crippen LogP contribution in [0.2, 0.25) is 0 Å². The largest absolute Gasteiger partial charge is 0.309 e. The summed E-state index contributed by atoms with van der Waals surface area (Å²) in [7, 11) is 0. The molecule has 0 saturated carbocycles. The highest BCUT2D eigenvalue weighted by Crippen LogP contribution is 2.44. The topological polar surface area (TPSA) is 48.5 Å². The highest BCUT2D eigenvalue weighted by Gasteiger charge is 2.22. The van der Waals surface area contributed by atoms with E-state index in [9.17, 15) is 0 Å². The number of thiophene rings is 1. The summed E-state index contributed by atoms with van der Waals surface area (Å²) in [5.74, 6) is 1.92. The molecule has 57 heavy (non-hydrogen) atoms. The van der Waals surface area contributed by atoms with Gasteiger partial charge in [0.05, 0.1) is 22.1 Å². The van der Waals surface area contributed by atoms with E-state index in [2.05, 4.69) is 161 Å². The first-order chi connectivity index (χ1) is 28.3. The smallest absolute Gasteiger partial charge is 0.166 e. The summed E-state index contributed by atoms with van der Waals surface area (Å²) in [5.41, 5.74) is 9.70. The molecule has 0 saturated heterocycles. The zero-order chi connectivity index (χ0) is 37.5. The van der Waals surface area contributed by atoms with E-state index < -0.39 is 0 Å². The highest BCUT2D eigenvalue weighted by atomic mass is 32.1. The van der Waals surface area contributed by atoms with Crippen LogP contribution in [0.1, 0.15) is 0 Å². The summed E-state index contributed by atoms with van der Waals surface area (Å²) in [6.45, 7) is 0. The molecule has 0 bridgehead atoms. The molecule has 4 aromatic heterocycles. The predicted octanol–water partition coefficient (Wildman–Crippen LogP) is 13.4. The van der Waals surface area contributed by atoms with Crippen molar-refractivity contribution in [3.63, 3.8) is 0 Å². The molecule has 0 aliphatic rings. The molecule has 6 heteroatoms. The van der Waals surface area contributed by atoms with Gasteiger partial charge in [-0.05, 0) is 60.7 Å². The number of hydrogen-bond donors (Lipinski definition) is 0. The number of fused-ring (bicyclic) bond motifs is 9. The van der Waals surface area contributed by atoms with Crippen molar-refractivity contribution >= 4 is 75.1 Å². The van der Waals surface area contributed by atoms with Crippen molar-refractivity contribution in [2.45, 2.75) is 0 Å². The fourth-order valence-electron chi connectivity index (χ4n) is 8.62. The maximum atomic E-state index is 5.18. The van der Waals surface area contributed by atoms with E-state index in [1.165, 1.54) is 47.4 Å². The van der Waals surface area contributed by atoms with Crippen molar-refractivity contribution < 1.29 is 0 Å². The summed E-state index contributed by atoms with van der Waals surface area (Å²) in [6.07, 6.45) is 0. The van der Waals surface area contributed by atoms with Gasteiger partial charge in [-0.25, -0.2) is 15.0 Å². The van der Waals surface area contributed by atoms with Crippen molar-refractivity contribution in [1.82, 2.24) is 24.1 Å². The third-order valence-corrected chi connectivity index (χ3v) is 12.3. The van der Waals surface area contributed by atoms with Crippen molar-refractivity contribution in [1.29, 1.82) is 0 Å². The van der Waals surface area contributed by atoms with Crippen molar-refractivity contribution in [3.8, 4) is 45.5 Å². The molecule has 0 unspecified atom stereocenters. The van der Waals surface area contributed by atoms with Crippen LogP contribution < -0.4 is 0 Å². The molecule has 0 aliphatic heterocycles. The molecule has 0 fully saturated rings. The van der Waals surface area contributed by atoms with Gasteiger partial charge in [-0.3, -0.25) is 0 Å². The van der Waals surface area contributed by atoms with Crippen molar-refractivity contribution in [3.05, 3.63) is 188 Å². The maximum Gasteiger partial charge on any atom is 0.166 e. The second-order valence-corrected chi connectivity index (χ2v) is 15.5. The Hall–Kier alpha value is -7.41. The second kappa shape index (κ2) is 12.6. The SMILES string of the molecule is c1ccc(-c2nc(-c3ccccc3)nc(-c3cccc4c5cc6sc7ccc(-n8c9ccccc9c9ccccc98)cc7c6cc5n(-c5ccccc5)c34)n2)cc1. The molecular formula is C51H31N5S. The second-order valence-electron chi connectivity index (χ2n) is 14.4. The standard InChI is InChI=1S/C51H31N5S/c1-4-15-32(16-5-1)49-52-50(33-17-6-2-7-18-33)54-51(53-49)39-24-14-23-38-40-31-47-42(30-45(40)56(48(38)39)34-19-8-3-9-20-34)41-29-35(27-28-46(41)57-47)55-43-25-12-10-21-36(43)37-22-11-13-26-44(37)55/h1-31H. The molecule has 8 aromatic carbocycles. The van der Waals surface area contributed by atoms with Gasteiger partial charge in [0.25, 0.3) is 0 Å². The number of nitrogens with zero attached hydrogens (tertiary/aromatic N) is 5. The van der Waals surface area contributed by atoms with Crippen LogP contribution in [-0.2, 0) is 0 Å². The van der Waals surface area contributed by atoms with Crippen LogP contribution >= 0.6 is 11.3 Å². The molecule has 0 amide bonds. The highest BCUT2D eigenvalue weighted by molar-refractivity contribution is 7.25. The molecule has 0 spiro atoms. The Bertz CT molecular complexity index is 3400. The molecule has 266 valence electrons. The van der Waals surface area contributed by atoms with E-state index in [0.717, 1.165) is 44.5 Å². The Balaban J connectivity index is 1.13. The molecule has 0 radical (unpaired) electrons. The van der Waals surface area contributed by atoms with Crippen LogP contribution in [0, 0.1) is 0 Å². The Morgan fingerprint density at radius 1 is 0.333 bits per heavy atom. The van der Waals surface area contributed by atoms with Crippen LogP contribution in [0.25, 0.3) is 109 Å². The lowest BCUT2D eigenvalue weighted by molar-refractivity contribution is 1.07. The van der Waals surface area contributed by atoms with Gasteiger partial charge in [0.15, 0.2) is 17.5 Å². The van der Waals surface area contributed by atoms with Crippen LogP contribution in [-0.4, -0.2) is 24.1 Å². The summed E-state index contributed by atoms with van der Waals surface area (Å²) in [5, 5.41) is 7.36.